The molecule has 8 rings (SSSR count). The lowest BCUT2D eigenvalue weighted by Crippen LogP contribution is -2.14. The molecule has 0 radical (unpaired) electrons. The fraction of sp³-hybridized carbons (Fsp3) is 0.0213. The maximum Gasteiger partial charge on any atom is 0.0541 e. The predicted molar refractivity (Wildman–Crippen MR) is 214 cm³/mol. The third-order valence-corrected chi connectivity index (χ3v) is 9.32. The van der Waals surface area contributed by atoms with Crippen LogP contribution in [0.3, 0.4) is 0 Å². The van der Waals surface area contributed by atoms with Gasteiger partial charge in [0.15, 0.2) is 0 Å². The molecule has 0 atom stereocenters. The maximum atomic E-state index is 4.38. The average Bonchev–Trinajstić information content (AvgIpc) is 3.50. The van der Waals surface area contributed by atoms with Crippen molar-refractivity contribution in [1.29, 1.82) is 0 Å². The molecule has 0 fully saturated rings. The molecule has 0 bridgehead atoms. The summed E-state index contributed by atoms with van der Waals surface area (Å²) in [7, 11) is 0. The molecule has 0 spiro atoms. The molecule has 2 aliphatic rings. The smallest absolute Gasteiger partial charge is 0.0541 e. The molecule has 1 N–H and O–H groups in total. The third kappa shape index (κ3) is 6.09. The Balaban J connectivity index is 1.21. The molecule has 3 heterocycles. The van der Waals surface area contributed by atoms with Crippen LogP contribution in [0.1, 0.15) is 11.1 Å². The number of anilines is 1. The van der Waals surface area contributed by atoms with Crippen molar-refractivity contribution in [2.45, 2.75) is 0 Å². The molecule has 0 saturated heterocycles. The van der Waals surface area contributed by atoms with Gasteiger partial charge in [-0.05, 0) is 106 Å². The molecule has 0 saturated carbocycles. The number of para-hydroxylation sites is 1. The summed E-state index contributed by atoms with van der Waals surface area (Å²) in [6.07, 6.45) is 20.9. The molecule has 3 nitrogen and oxygen atoms in total. The van der Waals surface area contributed by atoms with Crippen molar-refractivity contribution < 1.29 is 0 Å². The van der Waals surface area contributed by atoms with Gasteiger partial charge in [-0.1, -0.05) is 116 Å². The minimum absolute atomic E-state index is 0.836. The lowest BCUT2D eigenvalue weighted by molar-refractivity contribution is 0.994. The normalized spacial score (nSPS) is 17.8. The second kappa shape index (κ2) is 13.5. The van der Waals surface area contributed by atoms with E-state index in [0.717, 1.165) is 51.4 Å². The van der Waals surface area contributed by atoms with Crippen molar-refractivity contribution in [2.75, 3.05) is 11.4 Å². The molecule has 3 heteroatoms. The van der Waals surface area contributed by atoms with E-state index >= 15 is 0 Å². The summed E-state index contributed by atoms with van der Waals surface area (Å²) < 4.78 is 2.37. The highest BCUT2D eigenvalue weighted by molar-refractivity contribution is 6.10. The van der Waals surface area contributed by atoms with E-state index in [1.807, 2.05) is 24.3 Å². The van der Waals surface area contributed by atoms with Crippen molar-refractivity contribution in [3.63, 3.8) is 0 Å². The highest BCUT2D eigenvalue weighted by Crippen LogP contribution is 2.35. The van der Waals surface area contributed by atoms with Gasteiger partial charge >= 0.3 is 0 Å². The fourth-order valence-electron chi connectivity index (χ4n) is 6.67. The highest BCUT2D eigenvalue weighted by Gasteiger charge is 2.15. The molecule has 5 aromatic carbocycles. The van der Waals surface area contributed by atoms with Crippen molar-refractivity contribution in [3.8, 4) is 16.8 Å². The minimum atomic E-state index is 0.836. The van der Waals surface area contributed by atoms with Crippen LogP contribution in [0.5, 0.6) is 0 Å². The van der Waals surface area contributed by atoms with E-state index in [9.17, 15) is 0 Å². The number of aromatic nitrogens is 1. The van der Waals surface area contributed by atoms with Gasteiger partial charge in [0, 0.05) is 46.8 Å². The van der Waals surface area contributed by atoms with E-state index in [1.54, 1.807) is 0 Å². The van der Waals surface area contributed by atoms with Gasteiger partial charge in [-0.25, -0.2) is 0 Å². The van der Waals surface area contributed by atoms with Gasteiger partial charge in [0.05, 0.1) is 11.0 Å². The molecule has 0 amide bonds. The molecule has 2 aliphatic heterocycles. The molecule has 240 valence electrons. The van der Waals surface area contributed by atoms with E-state index in [-0.39, 0.29) is 0 Å². The van der Waals surface area contributed by atoms with Gasteiger partial charge in [0.25, 0.3) is 0 Å². The first-order valence-electron chi connectivity index (χ1n) is 16.9. The number of nitrogens with one attached hydrogen (secondary N) is 1. The van der Waals surface area contributed by atoms with Gasteiger partial charge in [-0.3, -0.25) is 0 Å². The Morgan fingerprint density at radius 1 is 0.540 bits per heavy atom. The number of benzene rings is 5. The van der Waals surface area contributed by atoms with E-state index in [0.29, 0.717) is 0 Å². The van der Waals surface area contributed by atoms with Crippen molar-refractivity contribution >= 4 is 38.8 Å². The first-order chi connectivity index (χ1) is 24.6. The van der Waals surface area contributed by atoms with Crippen LogP contribution in [-0.2, 0) is 0 Å². The summed E-state index contributed by atoms with van der Waals surface area (Å²) in [6.45, 7) is 9.51. The van der Waals surface area contributed by atoms with Crippen LogP contribution in [-0.4, -0.2) is 11.1 Å². The van der Waals surface area contributed by atoms with Crippen molar-refractivity contribution in [1.82, 2.24) is 9.88 Å². The molecule has 6 aromatic rings. The van der Waals surface area contributed by atoms with Crippen LogP contribution in [0, 0.1) is 0 Å². The van der Waals surface area contributed by atoms with E-state index in [4.69, 9.17) is 0 Å². The zero-order valence-electron chi connectivity index (χ0n) is 27.8. The zero-order valence-corrected chi connectivity index (χ0v) is 27.8. The summed E-state index contributed by atoms with van der Waals surface area (Å²) in [5.74, 6) is 0. The largest absolute Gasteiger partial charge is 0.381 e. The van der Waals surface area contributed by atoms with E-state index in [2.05, 4.69) is 186 Å². The molecule has 0 aliphatic carbocycles. The number of nitrogens with zero attached hydrogens (tertiary/aromatic N) is 2. The van der Waals surface area contributed by atoms with Crippen LogP contribution in [0.2, 0.25) is 0 Å². The van der Waals surface area contributed by atoms with Crippen LogP contribution in [0.4, 0.5) is 5.69 Å². The minimum Gasteiger partial charge on any atom is -0.381 e. The maximum absolute atomic E-state index is 4.38. The van der Waals surface area contributed by atoms with E-state index < -0.39 is 0 Å². The molecule has 0 unspecified atom stereocenters. The summed E-state index contributed by atoms with van der Waals surface area (Å²) >= 11 is 0. The Morgan fingerprint density at radius 2 is 1.30 bits per heavy atom. The Kier molecular flexibility index (Phi) is 8.30. The van der Waals surface area contributed by atoms with Crippen LogP contribution >= 0.6 is 0 Å². The van der Waals surface area contributed by atoms with Crippen LogP contribution in [0.15, 0.2) is 207 Å². The lowest BCUT2D eigenvalue weighted by atomic mass is 9.98. The Hall–Kier alpha value is -6.58. The predicted octanol–water partition coefficient (Wildman–Crippen LogP) is 11.6. The molecule has 50 heavy (non-hydrogen) atoms. The quantitative estimate of drug-likeness (QED) is 0.202. The van der Waals surface area contributed by atoms with Gasteiger partial charge in [0.2, 0.25) is 0 Å². The standard InChI is InChI=1S/C47H37N3/c1-34-13-9-11-29-49(41-24-21-37(22-25-41)36-14-4-3-5-15-36)30-27-39(31-35(34)2)38-23-26-47-44(33-38)43-18-6-7-20-46(43)50(47)42-17-12-16-40(32-42)45-19-8-10-28-48-45/h3-27,29-33,48H,1-2,28H2/b13-9-,29-11-,30-27-,39-31+. The summed E-state index contributed by atoms with van der Waals surface area (Å²) in [4.78, 5) is 2.15. The molecular weight excluding hydrogens is 607 g/mol. The Morgan fingerprint density at radius 3 is 2.14 bits per heavy atom. The second-order valence-electron chi connectivity index (χ2n) is 12.5. The number of hydrogen-bond donors (Lipinski definition) is 1. The van der Waals surface area contributed by atoms with Gasteiger partial charge < -0.3 is 14.8 Å². The van der Waals surface area contributed by atoms with Crippen LogP contribution in [0.25, 0.3) is 49.9 Å². The number of rotatable bonds is 5. The zero-order chi connectivity index (χ0) is 33.9. The summed E-state index contributed by atoms with van der Waals surface area (Å²) in [6, 6.07) is 43.3. The monoisotopic (exact) mass is 643 g/mol. The van der Waals surface area contributed by atoms with Crippen molar-refractivity contribution in [2.24, 2.45) is 0 Å². The molecular formula is C47H37N3. The van der Waals surface area contributed by atoms with Gasteiger partial charge in [0.1, 0.15) is 0 Å². The number of allylic oxidation sites excluding steroid dienone is 10. The Bertz CT molecular complexity index is 2440. The van der Waals surface area contributed by atoms with Crippen LogP contribution < -0.4 is 10.2 Å². The summed E-state index contributed by atoms with van der Waals surface area (Å²) in [5, 5.41) is 5.91. The van der Waals surface area contributed by atoms with Gasteiger partial charge in [-0.15, -0.1) is 0 Å². The number of hydrogen-bond acceptors (Lipinski definition) is 2. The van der Waals surface area contributed by atoms with Gasteiger partial charge in [-0.2, -0.15) is 0 Å². The first-order valence-corrected chi connectivity index (χ1v) is 16.9. The first kappa shape index (κ1) is 30.7. The second-order valence-corrected chi connectivity index (χ2v) is 12.5. The topological polar surface area (TPSA) is 20.2 Å². The molecule has 1 aromatic heterocycles. The number of dihydropyridines is 1. The summed E-state index contributed by atoms with van der Waals surface area (Å²) in [5.41, 5.74) is 13.1. The Labute approximate surface area is 293 Å². The fourth-order valence-corrected chi connectivity index (χ4v) is 6.67. The SMILES string of the molecule is C=C1/C=C\C=C/N(c2ccc(-c3ccccc3)cc2)/C=C\C(c2ccc3c(c2)c2ccccc2n3-c2cccc(C3=CC=CCN3)c2)=C/C1=C. The average molecular weight is 644 g/mol. The van der Waals surface area contributed by atoms with E-state index in [1.165, 1.54) is 33.0 Å². The highest BCUT2D eigenvalue weighted by atomic mass is 15.1. The number of fused-ring (bicyclic) bond motifs is 3. The third-order valence-electron chi connectivity index (χ3n) is 9.32. The van der Waals surface area contributed by atoms with Crippen molar-refractivity contribution in [3.05, 3.63) is 218 Å². The lowest BCUT2D eigenvalue weighted by Gasteiger charge is -2.17.